The zero-order valence-electron chi connectivity index (χ0n) is 10.6. The molecule has 98 valence electrons. The van der Waals surface area contributed by atoms with Gasteiger partial charge in [-0.05, 0) is 6.92 Å². The molecule has 0 unspecified atom stereocenters. The molecule has 0 aliphatic rings. The van der Waals surface area contributed by atoms with Crippen molar-refractivity contribution in [1.82, 2.24) is 9.13 Å². The first-order valence-electron chi connectivity index (χ1n) is 5.04. The lowest BCUT2D eigenvalue weighted by molar-refractivity contribution is -0.132. The van der Waals surface area contributed by atoms with Gasteiger partial charge >= 0.3 is 11.7 Å². The van der Waals surface area contributed by atoms with Crippen molar-refractivity contribution < 1.29 is 9.53 Å². The quantitative estimate of drug-likeness (QED) is 0.426. The number of ether oxygens (including phenoxy) is 1. The Morgan fingerprint density at radius 3 is 2.50 bits per heavy atom. The lowest BCUT2D eigenvalue weighted by Crippen LogP contribution is -2.37. The maximum absolute atomic E-state index is 11.6. The summed E-state index contributed by atoms with van der Waals surface area (Å²) in [5, 5.41) is 3.72. The third-order valence-corrected chi connectivity index (χ3v) is 2.34. The van der Waals surface area contributed by atoms with Crippen molar-refractivity contribution in [3.8, 4) is 0 Å². The fourth-order valence-corrected chi connectivity index (χ4v) is 1.17. The molecule has 1 rings (SSSR count). The number of aromatic nitrogens is 2. The van der Waals surface area contributed by atoms with Crippen molar-refractivity contribution >= 4 is 17.5 Å². The van der Waals surface area contributed by atoms with Gasteiger partial charge in [-0.1, -0.05) is 0 Å². The number of nitrogens with one attached hydrogen (secondary N) is 1. The van der Waals surface area contributed by atoms with Crippen LogP contribution in [0.2, 0.25) is 0 Å². The molecule has 18 heavy (non-hydrogen) atoms. The van der Waals surface area contributed by atoms with Gasteiger partial charge < -0.3 is 4.74 Å². The van der Waals surface area contributed by atoms with E-state index in [2.05, 4.69) is 15.3 Å². The molecule has 0 saturated heterocycles. The number of carbonyl (C=O) groups excluding carboxylic acids is 1. The third kappa shape index (κ3) is 2.65. The largest absolute Gasteiger partial charge is 0.464 e. The second-order valence-corrected chi connectivity index (χ2v) is 3.57. The highest BCUT2D eigenvalue weighted by Crippen LogP contribution is 1.98. The monoisotopic (exact) mass is 254 g/mol. The van der Waals surface area contributed by atoms with Gasteiger partial charge in [-0.3, -0.25) is 19.4 Å². The van der Waals surface area contributed by atoms with E-state index in [9.17, 15) is 14.4 Å². The van der Waals surface area contributed by atoms with E-state index < -0.39 is 17.2 Å². The van der Waals surface area contributed by atoms with Gasteiger partial charge in [0.2, 0.25) is 0 Å². The van der Waals surface area contributed by atoms with E-state index in [0.29, 0.717) is 0 Å². The third-order valence-electron chi connectivity index (χ3n) is 2.34. The predicted molar refractivity (Wildman–Crippen MR) is 65.7 cm³/mol. The molecule has 0 amide bonds. The summed E-state index contributed by atoms with van der Waals surface area (Å²) >= 11 is 0. The Morgan fingerprint density at radius 2 is 1.94 bits per heavy atom. The topological polar surface area (TPSA) is 94.7 Å². The summed E-state index contributed by atoms with van der Waals surface area (Å²) in [7, 11) is 4.08. The van der Waals surface area contributed by atoms with Crippen LogP contribution in [-0.4, -0.2) is 27.9 Å². The molecule has 0 aliphatic carbocycles. The summed E-state index contributed by atoms with van der Waals surface area (Å²) in [6.07, 6.45) is 0. The second-order valence-electron chi connectivity index (χ2n) is 3.57. The van der Waals surface area contributed by atoms with Gasteiger partial charge in [0.25, 0.3) is 5.56 Å². The number of methoxy groups -OCH3 is 1. The van der Waals surface area contributed by atoms with E-state index in [1.807, 2.05) is 0 Å². The second kappa shape index (κ2) is 5.30. The standard InChI is InChI=1S/C10H14N4O4/c1-6(9(16)18-4)11-12-7-5-8(15)14(3)10(17)13(7)2/h5,12H,1-4H3. The lowest BCUT2D eigenvalue weighted by atomic mass is 10.4. The zero-order chi connectivity index (χ0) is 13.9. The first-order valence-corrected chi connectivity index (χ1v) is 5.04. The van der Waals surface area contributed by atoms with Crippen molar-refractivity contribution in [2.75, 3.05) is 12.5 Å². The summed E-state index contributed by atoms with van der Waals surface area (Å²) in [6, 6.07) is 1.20. The predicted octanol–water partition coefficient (Wildman–Crippen LogP) is -0.955. The molecule has 1 aromatic rings. The Morgan fingerprint density at radius 1 is 1.33 bits per heavy atom. The van der Waals surface area contributed by atoms with Crippen molar-refractivity contribution in [1.29, 1.82) is 0 Å². The molecule has 0 aliphatic heterocycles. The van der Waals surface area contributed by atoms with Crippen LogP contribution >= 0.6 is 0 Å². The number of anilines is 1. The number of esters is 1. The molecule has 0 bridgehead atoms. The minimum atomic E-state index is -0.601. The maximum atomic E-state index is 11.6. The van der Waals surface area contributed by atoms with Crippen LogP contribution in [-0.2, 0) is 23.6 Å². The number of nitrogens with zero attached hydrogens (tertiary/aromatic N) is 3. The minimum Gasteiger partial charge on any atom is -0.464 e. The Kier molecular flexibility index (Phi) is 4.03. The Balaban J connectivity index is 3.11. The molecule has 0 spiro atoms. The van der Waals surface area contributed by atoms with Gasteiger partial charge in [0.05, 0.1) is 7.11 Å². The van der Waals surface area contributed by atoms with E-state index >= 15 is 0 Å². The van der Waals surface area contributed by atoms with Gasteiger partial charge in [-0.15, -0.1) is 0 Å². The highest BCUT2D eigenvalue weighted by atomic mass is 16.5. The van der Waals surface area contributed by atoms with Crippen LogP contribution in [0.15, 0.2) is 20.8 Å². The molecular weight excluding hydrogens is 240 g/mol. The van der Waals surface area contributed by atoms with Gasteiger partial charge in [-0.25, -0.2) is 9.59 Å². The highest BCUT2D eigenvalue weighted by molar-refractivity contribution is 6.35. The molecule has 1 heterocycles. The van der Waals surface area contributed by atoms with Gasteiger partial charge in [0.1, 0.15) is 11.5 Å². The minimum absolute atomic E-state index is 0.0747. The average Bonchev–Trinajstić information content (AvgIpc) is 2.37. The van der Waals surface area contributed by atoms with Crippen LogP contribution in [0.3, 0.4) is 0 Å². The van der Waals surface area contributed by atoms with Crippen LogP contribution in [0.5, 0.6) is 0 Å². The van der Waals surface area contributed by atoms with E-state index in [1.165, 1.54) is 38.8 Å². The molecule has 1 aromatic heterocycles. The van der Waals surface area contributed by atoms with Crippen molar-refractivity contribution in [2.45, 2.75) is 6.92 Å². The number of carbonyl (C=O) groups is 1. The average molecular weight is 254 g/mol. The number of hydrogen-bond acceptors (Lipinski definition) is 6. The van der Waals surface area contributed by atoms with E-state index in [4.69, 9.17) is 0 Å². The number of rotatable bonds is 3. The normalized spacial score (nSPS) is 11.2. The molecule has 1 N–H and O–H groups in total. The molecule has 8 heteroatoms. The lowest BCUT2D eigenvalue weighted by Gasteiger charge is -2.08. The van der Waals surface area contributed by atoms with Crippen LogP contribution in [0.25, 0.3) is 0 Å². The molecule has 8 nitrogen and oxygen atoms in total. The van der Waals surface area contributed by atoms with Crippen molar-refractivity contribution in [3.63, 3.8) is 0 Å². The van der Waals surface area contributed by atoms with Crippen molar-refractivity contribution in [2.24, 2.45) is 19.2 Å². The Hall–Kier alpha value is -2.38. The van der Waals surface area contributed by atoms with Gasteiger partial charge in [0, 0.05) is 20.2 Å². The Bertz CT molecular complexity index is 611. The summed E-state index contributed by atoms with van der Waals surface area (Å²) in [4.78, 5) is 34.1. The molecule has 0 radical (unpaired) electrons. The molecule has 0 aromatic carbocycles. The summed E-state index contributed by atoms with van der Waals surface area (Å²) in [5.41, 5.74) is 1.59. The van der Waals surface area contributed by atoms with E-state index in [0.717, 1.165) is 4.57 Å². The number of hydrazone groups is 1. The SMILES string of the molecule is COC(=O)C(C)=NNc1cc(=O)n(C)c(=O)n1C. The first kappa shape index (κ1) is 13.7. The Labute approximate surface area is 102 Å². The fourth-order valence-electron chi connectivity index (χ4n) is 1.17. The smallest absolute Gasteiger partial charge is 0.353 e. The van der Waals surface area contributed by atoms with Gasteiger partial charge in [-0.2, -0.15) is 5.10 Å². The highest BCUT2D eigenvalue weighted by Gasteiger charge is 2.07. The summed E-state index contributed by atoms with van der Waals surface area (Å²) < 4.78 is 6.62. The van der Waals surface area contributed by atoms with Crippen LogP contribution < -0.4 is 16.7 Å². The van der Waals surface area contributed by atoms with Crippen LogP contribution in [0.4, 0.5) is 5.82 Å². The molecule has 0 saturated carbocycles. The van der Waals surface area contributed by atoms with Gasteiger partial charge in [0.15, 0.2) is 0 Å². The first-order chi connectivity index (χ1) is 8.38. The molecule has 0 fully saturated rings. The molecular formula is C10H14N4O4. The van der Waals surface area contributed by atoms with E-state index in [1.54, 1.807) is 0 Å². The maximum Gasteiger partial charge on any atom is 0.353 e. The fraction of sp³-hybridized carbons (Fsp3) is 0.400. The van der Waals surface area contributed by atoms with E-state index in [-0.39, 0.29) is 11.5 Å². The summed E-state index contributed by atoms with van der Waals surface area (Å²) in [6.45, 7) is 1.44. The van der Waals surface area contributed by atoms with Crippen LogP contribution in [0, 0.1) is 0 Å². The zero-order valence-corrected chi connectivity index (χ0v) is 10.6. The number of hydrogen-bond donors (Lipinski definition) is 1. The molecule has 0 atom stereocenters. The summed E-state index contributed by atoms with van der Waals surface area (Å²) in [5.74, 6) is -0.414. The van der Waals surface area contributed by atoms with Crippen molar-refractivity contribution in [3.05, 3.63) is 26.9 Å². The van der Waals surface area contributed by atoms with Crippen LogP contribution in [0.1, 0.15) is 6.92 Å².